The van der Waals surface area contributed by atoms with Crippen molar-refractivity contribution in [3.8, 4) is 0 Å². The van der Waals surface area contributed by atoms with Crippen molar-refractivity contribution < 1.29 is 19.8 Å². The first kappa shape index (κ1) is 22.3. The summed E-state index contributed by atoms with van der Waals surface area (Å²) >= 11 is 0. The smallest absolute Gasteiger partial charge is 0.351 e. The average Bonchev–Trinajstić information content (AvgIpc) is 2.39. The molecule has 0 amide bonds. The van der Waals surface area contributed by atoms with Crippen molar-refractivity contribution in [1.29, 1.82) is 0 Å². The van der Waals surface area contributed by atoms with E-state index in [0.717, 1.165) is 25.0 Å². The molecule has 0 aromatic rings. The lowest BCUT2D eigenvalue weighted by atomic mass is 10.2. The molecule has 0 aromatic heterocycles. The summed E-state index contributed by atoms with van der Waals surface area (Å²) in [6.45, 7) is 5.59. The summed E-state index contributed by atoms with van der Waals surface area (Å²) in [6, 6.07) is 0. The molecule has 0 aliphatic rings. The average molecular weight is 314 g/mol. The maximum atomic E-state index is 10.5. The Morgan fingerprint density at radius 3 is 1.64 bits per heavy atom. The number of aliphatic carboxylic acids is 2. The molecule has 0 saturated heterocycles. The number of carboxylic acid groups (broad SMARTS) is 2. The van der Waals surface area contributed by atoms with Gasteiger partial charge in [0.05, 0.1) is 5.57 Å². The van der Waals surface area contributed by atoms with Gasteiger partial charge in [-0.25, -0.2) is 9.59 Å². The third-order valence-corrected chi connectivity index (χ3v) is 2.96. The van der Waals surface area contributed by atoms with Gasteiger partial charge in [0.2, 0.25) is 0 Å². The predicted octanol–water partition coefficient (Wildman–Crippen LogP) is 2.63. The number of carboxylic acids is 2. The van der Waals surface area contributed by atoms with Crippen molar-refractivity contribution in [3.05, 3.63) is 23.0 Å². The topological polar surface area (TPSA) is 81.1 Å². The molecule has 2 N–H and O–H groups in total. The highest BCUT2D eigenvalue weighted by Crippen LogP contribution is 2.10. The van der Waals surface area contributed by atoms with Gasteiger partial charge < -0.3 is 20.0 Å². The first-order chi connectivity index (χ1) is 10.1. The third-order valence-electron chi connectivity index (χ3n) is 2.96. The van der Waals surface area contributed by atoms with E-state index in [1.807, 2.05) is 32.8 Å². The Labute approximate surface area is 133 Å². The molecule has 0 aliphatic carbocycles. The lowest BCUT2D eigenvalue weighted by Crippen LogP contribution is -2.18. The third kappa shape index (κ3) is 9.05. The Morgan fingerprint density at radius 1 is 0.955 bits per heavy atom. The number of nitrogens with zero attached hydrogens (tertiary/aromatic N) is 2. The highest BCUT2D eigenvalue weighted by Gasteiger charge is 2.08. The normalized spacial score (nSPS) is 11.9. The summed E-state index contributed by atoms with van der Waals surface area (Å²) in [4.78, 5) is 24.5. The second kappa shape index (κ2) is 11.7. The molecule has 0 fully saturated rings. The van der Waals surface area contributed by atoms with E-state index in [-0.39, 0.29) is 0 Å². The Hall–Kier alpha value is -1.98. The van der Waals surface area contributed by atoms with Gasteiger partial charge in [-0.3, -0.25) is 0 Å². The van der Waals surface area contributed by atoms with E-state index in [0.29, 0.717) is 11.3 Å². The summed E-state index contributed by atoms with van der Waals surface area (Å²) in [7, 11) is 7.17. The van der Waals surface area contributed by atoms with Crippen LogP contribution in [0.5, 0.6) is 0 Å². The fourth-order valence-corrected chi connectivity index (χ4v) is 1.78. The Balaban J connectivity index is 0. The molecule has 0 aliphatic heterocycles. The zero-order valence-corrected chi connectivity index (χ0v) is 14.8. The molecule has 22 heavy (non-hydrogen) atoms. The van der Waals surface area contributed by atoms with Gasteiger partial charge in [0.25, 0.3) is 0 Å². The maximum Gasteiger partial charge on any atom is 0.351 e. The maximum absolute atomic E-state index is 10.5. The van der Waals surface area contributed by atoms with Gasteiger partial charge in [-0.1, -0.05) is 26.3 Å². The van der Waals surface area contributed by atoms with Gasteiger partial charge in [-0.15, -0.1) is 0 Å². The molecule has 0 radical (unpaired) electrons. The minimum atomic E-state index is -0.858. The van der Waals surface area contributed by atoms with Crippen LogP contribution < -0.4 is 0 Å². The molecule has 0 saturated carbocycles. The van der Waals surface area contributed by atoms with E-state index >= 15 is 0 Å². The first-order valence-corrected chi connectivity index (χ1v) is 7.31. The van der Waals surface area contributed by atoms with E-state index in [4.69, 9.17) is 10.2 Å². The van der Waals surface area contributed by atoms with Crippen LogP contribution in [0.4, 0.5) is 0 Å². The van der Waals surface area contributed by atoms with Gasteiger partial charge in [-0.05, 0) is 19.8 Å². The van der Waals surface area contributed by atoms with Crippen LogP contribution in [0.2, 0.25) is 0 Å². The van der Waals surface area contributed by atoms with Gasteiger partial charge in [-0.2, -0.15) is 0 Å². The molecule has 128 valence electrons. The number of hydrogen-bond acceptors (Lipinski definition) is 4. The Bertz CT molecular complexity index is 424. The number of hydrogen-bond donors (Lipinski definition) is 2. The predicted molar refractivity (Wildman–Crippen MR) is 88.6 cm³/mol. The van der Waals surface area contributed by atoms with Crippen molar-refractivity contribution in [3.63, 3.8) is 0 Å². The largest absolute Gasteiger partial charge is 0.478 e. The molecule has 0 heterocycles. The van der Waals surface area contributed by atoms with Crippen molar-refractivity contribution in [1.82, 2.24) is 9.80 Å². The van der Waals surface area contributed by atoms with E-state index in [1.54, 1.807) is 32.0 Å². The Morgan fingerprint density at radius 2 is 1.45 bits per heavy atom. The molecule has 0 rings (SSSR count). The number of allylic oxidation sites excluding steroid dienone is 2. The second-order valence-electron chi connectivity index (χ2n) is 5.20. The monoisotopic (exact) mass is 314 g/mol. The summed E-state index contributed by atoms with van der Waals surface area (Å²) < 4.78 is 0. The summed E-state index contributed by atoms with van der Waals surface area (Å²) in [5.74, 6) is -1.70. The van der Waals surface area contributed by atoms with Crippen molar-refractivity contribution in [2.24, 2.45) is 0 Å². The van der Waals surface area contributed by atoms with Gasteiger partial charge in [0.1, 0.15) is 5.70 Å². The molecule has 0 bridgehead atoms. The van der Waals surface area contributed by atoms with Crippen LogP contribution in [0.25, 0.3) is 0 Å². The molecule has 0 unspecified atom stereocenters. The standard InChI is InChI=1S/2C8H15NO2/c1-5-7(9(3)4)6(2)8(10)11;1-4-5-6-7(8(10)11)9(2)3/h5H2,1-4H3,(H,10,11);6H,4-5H2,1-3H3,(H,10,11)/b2*7-6+. The molecule has 0 spiro atoms. The van der Waals surface area contributed by atoms with Crippen molar-refractivity contribution in [2.75, 3.05) is 28.2 Å². The van der Waals surface area contributed by atoms with Gasteiger partial charge in [0.15, 0.2) is 0 Å². The summed E-state index contributed by atoms with van der Waals surface area (Å²) in [5, 5.41) is 17.3. The lowest BCUT2D eigenvalue weighted by Gasteiger charge is -2.17. The van der Waals surface area contributed by atoms with Crippen LogP contribution in [0.1, 0.15) is 40.0 Å². The van der Waals surface area contributed by atoms with Crippen molar-refractivity contribution >= 4 is 11.9 Å². The molecular weight excluding hydrogens is 284 g/mol. The highest BCUT2D eigenvalue weighted by atomic mass is 16.4. The fourth-order valence-electron chi connectivity index (χ4n) is 1.78. The number of carbonyl (C=O) groups is 2. The van der Waals surface area contributed by atoms with Crippen molar-refractivity contribution in [2.45, 2.75) is 40.0 Å². The van der Waals surface area contributed by atoms with E-state index in [2.05, 4.69) is 0 Å². The summed E-state index contributed by atoms with van der Waals surface area (Å²) in [6.07, 6.45) is 4.29. The number of unbranched alkanes of at least 4 members (excludes halogenated alkanes) is 1. The molecular formula is C16H30N2O4. The lowest BCUT2D eigenvalue weighted by molar-refractivity contribution is -0.134. The number of likely N-dealkylation sites (N-methyl/N-ethyl adjacent to an activating group) is 1. The summed E-state index contributed by atoms with van der Waals surface area (Å²) in [5.41, 5.74) is 1.67. The van der Waals surface area contributed by atoms with Crippen LogP contribution in [0.3, 0.4) is 0 Å². The fraction of sp³-hybridized carbons (Fsp3) is 0.625. The van der Waals surface area contributed by atoms with Crippen LogP contribution in [-0.2, 0) is 9.59 Å². The Kier molecular flexibility index (Phi) is 11.8. The molecule has 0 aromatic carbocycles. The molecule has 6 heteroatoms. The second-order valence-corrected chi connectivity index (χ2v) is 5.20. The van der Waals surface area contributed by atoms with Gasteiger partial charge >= 0.3 is 11.9 Å². The molecule has 6 nitrogen and oxygen atoms in total. The van der Waals surface area contributed by atoms with Gasteiger partial charge in [0, 0.05) is 33.9 Å². The zero-order chi connectivity index (χ0) is 17.9. The van der Waals surface area contributed by atoms with E-state index in [1.165, 1.54) is 0 Å². The van der Waals surface area contributed by atoms with Crippen LogP contribution in [0.15, 0.2) is 23.0 Å². The van der Waals surface area contributed by atoms with E-state index < -0.39 is 11.9 Å². The first-order valence-electron chi connectivity index (χ1n) is 7.31. The zero-order valence-electron chi connectivity index (χ0n) is 14.8. The van der Waals surface area contributed by atoms with Crippen LogP contribution >= 0.6 is 0 Å². The van der Waals surface area contributed by atoms with Crippen LogP contribution in [-0.4, -0.2) is 60.1 Å². The quantitative estimate of drug-likeness (QED) is 0.703. The number of rotatable bonds is 7. The highest BCUT2D eigenvalue weighted by molar-refractivity contribution is 5.86. The minimum absolute atomic E-state index is 0.367. The van der Waals surface area contributed by atoms with E-state index in [9.17, 15) is 9.59 Å². The molecule has 0 atom stereocenters. The minimum Gasteiger partial charge on any atom is -0.478 e. The van der Waals surface area contributed by atoms with Crippen LogP contribution in [0, 0.1) is 0 Å². The SMILES string of the molecule is CC/C(=C(/C)C(=O)O)N(C)C.CCC/C=C(\C(=O)O)N(C)C.